The van der Waals surface area contributed by atoms with E-state index in [9.17, 15) is 31.1 Å². The van der Waals surface area contributed by atoms with Crippen LogP contribution >= 0.6 is 0 Å². The molecule has 1 aromatic heterocycles. The molecule has 1 atom stereocenters. The van der Waals surface area contributed by atoms with Crippen LogP contribution in [0.15, 0.2) is 36.4 Å². The molecule has 1 aliphatic heterocycles. The molecule has 3 aromatic rings. The molecule has 4 rings (SSSR count). The van der Waals surface area contributed by atoms with Crippen molar-refractivity contribution in [3.63, 3.8) is 0 Å². The van der Waals surface area contributed by atoms with Crippen molar-refractivity contribution in [2.75, 3.05) is 0 Å². The molecule has 2 heterocycles. The third kappa shape index (κ3) is 4.56. The molecule has 0 saturated heterocycles. The summed E-state index contributed by atoms with van der Waals surface area (Å²) in [5, 5.41) is 6.89. The van der Waals surface area contributed by atoms with Crippen LogP contribution in [0.1, 0.15) is 29.2 Å². The van der Waals surface area contributed by atoms with Gasteiger partial charge >= 0.3 is 6.18 Å². The lowest BCUT2D eigenvalue weighted by atomic mass is 10.0. The number of carbonyl (C=O) groups excluding carboxylic acids is 1. The first-order valence-electron chi connectivity index (χ1n) is 9.81. The number of carbonyl (C=O) groups is 1. The molecule has 0 saturated carbocycles. The van der Waals surface area contributed by atoms with E-state index < -0.39 is 41.4 Å². The van der Waals surface area contributed by atoms with Gasteiger partial charge in [-0.05, 0) is 29.7 Å². The number of hydrogen-bond donors (Lipinski definition) is 1. The third-order valence-corrected chi connectivity index (χ3v) is 5.27. The molecular weight excluding hydrogens is 452 g/mol. The number of alkyl halides is 3. The zero-order valence-corrected chi connectivity index (χ0v) is 16.9. The molecule has 0 radical (unpaired) electrons. The first-order valence-corrected chi connectivity index (χ1v) is 9.81. The van der Waals surface area contributed by atoms with E-state index in [-0.39, 0.29) is 43.0 Å². The van der Waals surface area contributed by atoms with Gasteiger partial charge in [0.05, 0.1) is 12.2 Å². The monoisotopic (exact) mass is 469 g/mol. The average molecular weight is 469 g/mol. The normalized spacial score (nSPS) is 14.5. The summed E-state index contributed by atoms with van der Waals surface area (Å²) in [5.41, 5.74) is 6.40. The summed E-state index contributed by atoms with van der Waals surface area (Å²) in [6.45, 7) is -0.273. The lowest BCUT2D eigenvalue weighted by molar-refractivity contribution is -0.146. The number of benzene rings is 2. The minimum absolute atomic E-state index is 0.0120. The van der Waals surface area contributed by atoms with Crippen molar-refractivity contribution in [3.8, 4) is 5.69 Å². The van der Waals surface area contributed by atoms with Crippen molar-refractivity contribution in [2.24, 2.45) is 5.73 Å². The smallest absolute Gasteiger partial charge is 0.331 e. The molecule has 0 spiro atoms. The Morgan fingerprint density at radius 2 is 1.73 bits per heavy atom. The number of rotatable bonds is 4. The molecule has 33 heavy (non-hydrogen) atoms. The van der Waals surface area contributed by atoms with E-state index >= 15 is 0 Å². The minimum Gasteiger partial charge on any atom is -0.331 e. The van der Waals surface area contributed by atoms with Gasteiger partial charge < -0.3 is 10.6 Å². The summed E-state index contributed by atoms with van der Waals surface area (Å²) in [7, 11) is 0. The van der Waals surface area contributed by atoms with Crippen molar-refractivity contribution in [1.82, 2.24) is 19.7 Å². The average Bonchev–Trinajstić information content (AvgIpc) is 3.08. The van der Waals surface area contributed by atoms with Gasteiger partial charge in [-0.3, -0.25) is 9.36 Å². The Hall–Kier alpha value is -3.41. The maximum absolute atomic E-state index is 13.9. The van der Waals surface area contributed by atoms with Crippen LogP contribution in [0.3, 0.4) is 0 Å². The van der Waals surface area contributed by atoms with Gasteiger partial charge in [-0.1, -0.05) is 18.2 Å². The predicted octanol–water partition coefficient (Wildman–Crippen LogP) is 3.51. The highest BCUT2D eigenvalue weighted by Crippen LogP contribution is 2.33. The quantitative estimate of drug-likeness (QED) is 0.469. The zero-order chi connectivity index (χ0) is 23.9. The maximum atomic E-state index is 13.9. The van der Waals surface area contributed by atoms with Crippen LogP contribution in [-0.4, -0.2) is 31.6 Å². The van der Waals surface area contributed by atoms with Crippen LogP contribution in [0.2, 0.25) is 0 Å². The van der Waals surface area contributed by atoms with Gasteiger partial charge in [0.1, 0.15) is 5.82 Å². The van der Waals surface area contributed by atoms with Crippen molar-refractivity contribution in [3.05, 3.63) is 76.6 Å². The second-order valence-corrected chi connectivity index (χ2v) is 7.68. The predicted molar refractivity (Wildman–Crippen MR) is 103 cm³/mol. The molecule has 6 nitrogen and oxygen atoms in total. The van der Waals surface area contributed by atoms with E-state index in [2.05, 4.69) is 10.2 Å². The summed E-state index contributed by atoms with van der Waals surface area (Å²) in [6.07, 6.45) is -5.30. The summed E-state index contributed by atoms with van der Waals surface area (Å²) in [6, 6.07) is 6.38. The fourth-order valence-corrected chi connectivity index (χ4v) is 3.76. The minimum atomic E-state index is -4.76. The lowest BCUT2D eigenvalue weighted by Crippen LogP contribution is -2.36. The molecule has 0 unspecified atom stereocenters. The Kier molecular flexibility index (Phi) is 5.87. The van der Waals surface area contributed by atoms with E-state index in [1.165, 1.54) is 11.0 Å². The van der Waals surface area contributed by atoms with Gasteiger partial charge in [-0.2, -0.15) is 13.2 Å². The van der Waals surface area contributed by atoms with Crippen molar-refractivity contribution >= 4 is 5.91 Å². The third-order valence-electron chi connectivity index (χ3n) is 5.27. The molecular formula is C21H17F6N5O. The number of para-hydroxylation sites is 1. The Balaban J connectivity index is 1.57. The summed E-state index contributed by atoms with van der Waals surface area (Å²) in [5.74, 6) is -5.38. The van der Waals surface area contributed by atoms with Crippen molar-refractivity contribution in [1.29, 1.82) is 0 Å². The number of aromatic nitrogens is 3. The number of nitrogens with zero attached hydrogens (tertiary/aromatic N) is 4. The van der Waals surface area contributed by atoms with Crippen LogP contribution < -0.4 is 5.73 Å². The van der Waals surface area contributed by atoms with Crippen LogP contribution in [0.25, 0.3) is 5.69 Å². The van der Waals surface area contributed by atoms with Crippen molar-refractivity contribution < 1.29 is 31.1 Å². The Morgan fingerprint density at radius 3 is 2.45 bits per heavy atom. The van der Waals surface area contributed by atoms with Gasteiger partial charge in [0.2, 0.25) is 11.7 Å². The number of hydrogen-bond acceptors (Lipinski definition) is 4. The fourth-order valence-electron chi connectivity index (χ4n) is 3.76. The van der Waals surface area contributed by atoms with E-state index in [1.54, 1.807) is 18.2 Å². The largest absolute Gasteiger partial charge is 0.452 e. The van der Waals surface area contributed by atoms with Gasteiger partial charge in [-0.25, -0.2) is 13.2 Å². The topological polar surface area (TPSA) is 77.0 Å². The Bertz CT molecular complexity index is 1210. The molecule has 0 fully saturated rings. The summed E-state index contributed by atoms with van der Waals surface area (Å²) in [4.78, 5) is 14.2. The Morgan fingerprint density at radius 1 is 1.03 bits per heavy atom. The second kappa shape index (κ2) is 8.50. The molecule has 1 aliphatic rings. The van der Waals surface area contributed by atoms with E-state index in [4.69, 9.17) is 5.73 Å². The Labute approximate surface area is 183 Å². The lowest BCUT2D eigenvalue weighted by Gasteiger charge is -2.22. The second-order valence-electron chi connectivity index (χ2n) is 7.68. The van der Waals surface area contributed by atoms with Crippen LogP contribution in [0, 0.1) is 17.5 Å². The highest BCUT2D eigenvalue weighted by atomic mass is 19.4. The number of amides is 1. The van der Waals surface area contributed by atoms with E-state index in [0.717, 1.165) is 4.57 Å². The first-order chi connectivity index (χ1) is 15.5. The highest BCUT2D eigenvalue weighted by Gasteiger charge is 2.40. The SMILES string of the molecule is N[C@@H](CC(=O)N1Cc2ccccc2-n2c(nnc2C(F)(F)F)C1)Cc1cc(F)c(F)cc1F. The summed E-state index contributed by atoms with van der Waals surface area (Å²) < 4.78 is 81.7. The van der Waals surface area contributed by atoms with Crippen LogP contribution in [-0.2, 0) is 30.5 Å². The molecule has 2 aromatic carbocycles. The van der Waals surface area contributed by atoms with Crippen LogP contribution in [0.5, 0.6) is 0 Å². The fraction of sp³-hybridized carbons (Fsp3) is 0.286. The van der Waals surface area contributed by atoms with Crippen molar-refractivity contribution in [2.45, 2.75) is 38.1 Å². The van der Waals surface area contributed by atoms with E-state index in [1.807, 2.05) is 0 Å². The van der Waals surface area contributed by atoms with E-state index in [0.29, 0.717) is 17.7 Å². The standard InChI is InChI=1S/C21H17F6N5O/c22-14-8-16(24)15(23)6-12(14)5-13(28)7-19(33)31-9-11-3-1-2-4-17(11)32-18(10-31)29-30-20(32)21(25,26)27/h1-4,6,8,13H,5,7,9-10,28H2/t13-/m1/s1. The molecule has 174 valence electrons. The number of nitrogens with two attached hydrogens (primary N) is 1. The van der Waals surface area contributed by atoms with Gasteiger partial charge in [0.25, 0.3) is 0 Å². The van der Waals surface area contributed by atoms with Crippen LogP contribution in [0.4, 0.5) is 26.3 Å². The highest BCUT2D eigenvalue weighted by molar-refractivity contribution is 5.77. The first kappa shape index (κ1) is 22.8. The molecule has 0 aliphatic carbocycles. The molecule has 2 N–H and O–H groups in total. The summed E-state index contributed by atoms with van der Waals surface area (Å²) >= 11 is 0. The molecule has 1 amide bonds. The molecule has 12 heteroatoms. The maximum Gasteiger partial charge on any atom is 0.452 e. The van der Waals surface area contributed by atoms with Gasteiger partial charge in [0.15, 0.2) is 17.5 Å². The zero-order valence-electron chi connectivity index (χ0n) is 16.9. The number of halogens is 6. The molecule has 0 bridgehead atoms. The van der Waals surface area contributed by atoms with Gasteiger partial charge in [0, 0.05) is 25.1 Å². The number of fused-ring (bicyclic) bond motifs is 3. The van der Waals surface area contributed by atoms with Gasteiger partial charge in [-0.15, -0.1) is 10.2 Å².